The molecule has 0 radical (unpaired) electrons. The van der Waals surface area contributed by atoms with Gasteiger partial charge in [0.25, 0.3) is 0 Å². The molecule has 6 heteroatoms. The van der Waals surface area contributed by atoms with Gasteiger partial charge in [-0.15, -0.1) is 0 Å². The van der Waals surface area contributed by atoms with Crippen LogP contribution in [0.1, 0.15) is 37.2 Å². The first kappa shape index (κ1) is 15.4. The van der Waals surface area contributed by atoms with Crippen molar-refractivity contribution in [2.24, 2.45) is 5.11 Å². The van der Waals surface area contributed by atoms with Gasteiger partial charge in [0.1, 0.15) is 5.54 Å². The van der Waals surface area contributed by atoms with Crippen LogP contribution in [-0.2, 0) is 4.79 Å². The number of hydrogen-bond donors (Lipinski definition) is 2. The lowest BCUT2D eigenvalue weighted by Crippen LogP contribution is -2.58. The van der Waals surface area contributed by atoms with Crippen LogP contribution >= 0.6 is 0 Å². The van der Waals surface area contributed by atoms with E-state index in [1.807, 2.05) is 30.3 Å². The molecule has 6 nitrogen and oxygen atoms in total. The van der Waals surface area contributed by atoms with Crippen molar-refractivity contribution in [3.05, 3.63) is 46.3 Å². The van der Waals surface area contributed by atoms with Crippen LogP contribution in [0.3, 0.4) is 0 Å². The zero-order valence-corrected chi connectivity index (χ0v) is 11.9. The average molecular weight is 288 g/mol. The second-order valence-corrected chi connectivity index (χ2v) is 5.37. The zero-order chi connectivity index (χ0) is 15.1. The normalized spacial score (nSPS) is 25.0. The highest BCUT2D eigenvalue weighted by atomic mass is 16.4. The first-order chi connectivity index (χ1) is 10.2. The molecule has 0 amide bonds. The van der Waals surface area contributed by atoms with Gasteiger partial charge in [0.2, 0.25) is 0 Å². The van der Waals surface area contributed by atoms with E-state index < -0.39 is 11.5 Å². The van der Waals surface area contributed by atoms with E-state index in [4.69, 9.17) is 5.53 Å². The molecule has 0 saturated heterocycles. The summed E-state index contributed by atoms with van der Waals surface area (Å²) in [6.45, 7) is 0.632. The highest BCUT2D eigenvalue weighted by molar-refractivity contribution is 5.80. The predicted molar refractivity (Wildman–Crippen MR) is 80.0 cm³/mol. The second kappa shape index (κ2) is 7.11. The fourth-order valence-corrected chi connectivity index (χ4v) is 3.23. The van der Waals surface area contributed by atoms with E-state index in [1.54, 1.807) is 0 Å². The Morgan fingerprint density at radius 1 is 1.43 bits per heavy atom. The Bertz CT molecular complexity index is 528. The first-order valence-electron chi connectivity index (χ1n) is 7.25. The molecule has 2 rings (SSSR count). The molecule has 1 aliphatic carbocycles. The van der Waals surface area contributed by atoms with Crippen LogP contribution in [0, 0.1) is 0 Å². The molecular formula is C15H20N4O2. The summed E-state index contributed by atoms with van der Waals surface area (Å²) in [6.07, 6.45) is 3.37. The van der Waals surface area contributed by atoms with Crippen LogP contribution in [0.5, 0.6) is 0 Å². The van der Waals surface area contributed by atoms with Gasteiger partial charge < -0.3 is 10.4 Å². The topological polar surface area (TPSA) is 98.1 Å². The molecule has 21 heavy (non-hydrogen) atoms. The average Bonchev–Trinajstić information content (AvgIpc) is 2.52. The standard InChI is InChI=1S/C15H20N4O2/c16-19-18-11-10-17-15(14(20)21)9-5-4-8-13(15)12-6-2-1-3-7-12/h1-3,6-7,13,17H,4-5,8-11H2,(H,20,21). The number of carboxylic acids is 1. The lowest BCUT2D eigenvalue weighted by Gasteiger charge is -2.42. The van der Waals surface area contributed by atoms with Crippen molar-refractivity contribution in [2.75, 3.05) is 13.1 Å². The molecule has 2 atom stereocenters. The number of carbonyl (C=O) groups is 1. The minimum absolute atomic E-state index is 0.0592. The van der Waals surface area contributed by atoms with Crippen LogP contribution in [0.15, 0.2) is 35.4 Å². The number of nitrogens with one attached hydrogen (secondary N) is 1. The van der Waals surface area contributed by atoms with Crippen molar-refractivity contribution < 1.29 is 9.90 Å². The van der Waals surface area contributed by atoms with E-state index in [0.29, 0.717) is 13.0 Å². The zero-order valence-electron chi connectivity index (χ0n) is 11.9. The van der Waals surface area contributed by atoms with Crippen molar-refractivity contribution in [3.8, 4) is 0 Å². The molecule has 0 spiro atoms. The molecule has 1 saturated carbocycles. The van der Waals surface area contributed by atoms with Gasteiger partial charge in [-0.25, -0.2) is 0 Å². The maximum absolute atomic E-state index is 12.0. The van der Waals surface area contributed by atoms with Crippen molar-refractivity contribution in [1.29, 1.82) is 0 Å². The minimum Gasteiger partial charge on any atom is -0.480 e. The van der Waals surface area contributed by atoms with Crippen molar-refractivity contribution in [1.82, 2.24) is 5.32 Å². The summed E-state index contributed by atoms with van der Waals surface area (Å²) in [5.74, 6) is -0.881. The van der Waals surface area contributed by atoms with Gasteiger partial charge in [0.15, 0.2) is 0 Å². The second-order valence-electron chi connectivity index (χ2n) is 5.37. The van der Waals surface area contributed by atoms with Crippen LogP contribution in [-0.4, -0.2) is 29.7 Å². The van der Waals surface area contributed by atoms with Gasteiger partial charge in [-0.1, -0.05) is 48.3 Å². The number of nitrogens with zero attached hydrogens (tertiary/aromatic N) is 3. The maximum Gasteiger partial charge on any atom is 0.324 e. The Morgan fingerprint density at radius 3 is 2.86 bits per heavy atom. The van der Waals surface area contributed by atoms with Gasteiger partial charge in [-0.2, -0.15) is 0 Å². The summed E-state index contributed by atoms with van der Waals surface area (Å²) >= 11 is 0. The van der Waals surface area contributed by atoms with E-state index >= 15 is 0 Å². The van der Waals surface area contributed by atoms with E-state index in [1.165, 1.54) is 0 Å². The fourth-order valence-electron chi connectivity index (χ4n) is 3.23. The first-order valence-corrected chi connectivity index (χ1v) is 7.25. The molecule has 2 N–H and O–H groups in total. The summed E-state index contributed by atoms with van der Waals surface area (Å²) in [4.78, 5) is 14.7. The fraction of sp³-hybridized carbons (Fsp3) is 0.533. The van der Waals surface area contributed by atoms with Crippen molar-refractivity contribution in [2.45, 2.75) is 37.1 Å². The number of benzene rings is 1. The third kappa shape index (κ3) is 3.35. The minimum atomic E-state index is -0.968. The highest BCUT2D eigenvalue weighted by Gasteiger charge is 2.47. The summed E-state index contributed by atoms with van der Waals surface area (Å²) in [5, 5.41) is 16.4. The molecule has 0 heterocycles. The Kier molecular flexibility index (Phi) is 5.20. The smallest absolute Gasteiger partial charge is 0.324 e. The molecule has 1 aromatic carbocycles. The Hall–Kier alpha value is -2.04. The SMILES string of the molecule is [N-]=[N+]=NCCNC1(C(=O)O)CCCCC1c1ccccc1. The van der Waals surface area contributed by atoms with Gasteiger partial charge in [0.05, 0.1) is 0 Å². The van der Waals surface area contributed by atoms with Crippen LogP contribution in [0.2, 0.25) is 0 Å². The van der Waals surface area contributed by atoms with E-state index in [-0.39, 0.29) is 12.5 Å². The lowest BCUT2D eigenvalue weighted by atomic mass is 9.69. The summed E-state index contributed by atoms with van der Waals surface area (Å²) in [6, 6.07) is 9.79. The molecule has 1 aliphatic rings. The Labute approximate surface area is 123 Å². The molecule has 0 aliphatic heterocycles. The van der Waals surface area contributed by atoms with Gasteiger partial charge >= 0.3 is 5.97 Å². The van der Waals surface area contributed by atoms with Crippen LogP contribution in [0.25, 0.3) is 10.4 Å². The lowest BCUT2D eigenvalue weighted by molar-refractivity contribution is -0.147. The third-order valence-electron chi connectivity index (χ3n) is 4.21. The Morgan fingerprint density at radius 2 is 2.19 bits per heavy atom. The van der Waals surface area contributed by atoms with E-state index in [9.17, 15) is 9.90 Å². The molecule has 1 fully saturated rings. The molecule has 0 bridgehead atoms. The molecule has 1 aromatic rings. The quantitative estimate of drug-likeness (QED) is 0.364. The molecule has 0 aromatic heterocycles. The van der Waals surface area contributed by atoms with Crippen LogP contribution in [0.4, 0.5) is 0 Å². The number of rotatable bonds is 6. The van der Waals surface area contributed by atoms with Gasteiger partial charge in [-0.3, -0.25) is 4.79 Å². The van der Waals surface area contributed by atoms with E-state index in [0.717, 1.165) is 24.8 Å². The number of hydrogen-bond acceptors (Lipinski definition) is 3. The van der Waals surface area contributed by atoms with Gasteiger partial charge in [0, 0.05) is 23.9 Å². The Balaban J connectivity index is 2.25. The monoisotopic (exact) mass is 288 g/mol. The third-order valence-corrected chi connectivity index (χ3v) is 4.21. The number of aliphatic carboxylic acids is 1. The number of azide groups is 1. The summed E-state index contributed by atoms with van der Waals surface area (Å²) < 4.78 is 0. The van der Waals surface area contributed by atoms with Crippen molar-refractivity contribution in [3.63, 3.8) is 0 Å². The highest BCUT2D eigenvalue weighted by Crippen LogP contribution is 2.41. The largest absolute Gasteiger partial charge is 0.480 e. The molecule has 112 valence electrons. The van der Waals surface area contributed by atoms with Crippen molar-refractivity contribution >= 4 is 5.97 Å². The van der Waals surface area contributed by atoms with E-state index in [2.05, 4.69) is 15.3 Å². The van der Waals surface area contributed by atoms with Gasteiger partial charge in [-0.05, 0) is 23.9 Å². The van der Waals surface area contributed by atoms with Crippen LogP contribution < -0.4 is 5.32 Å². The molecular weight excluding hydrogens is 268 g/mol. The number of carboxylic acid groups (broad SMARTS) is 1. The maximum atomic E-state index is 12.0. The summed E-state index contributed by atoms with van der Waals surface area (Å²) in [7, 11) is 0. The molecule has 2 unspecified atom stereocenters. The predicted octanol–water partition coefficient (Wildman–Crippen LogP) is 3.07. The summed E-state index contributed by atoms with van der Waals surface area (Å²) in [5.41, 5.74) is 8.40.